The van der Waals surface area contributed by atoms with Gasteiger partial charge in [-0.05, 0) is 50.6 Å². The van der Waals surface area contributed by atoms with Crippen LogP contribution in [0.25, 0.3) is 5.69 Å². The topological polar surface area (TPSA) is 81.9 Å². The van der Waals surface area contributed by atoms with Gasteiger partial charge >= 0.3 is 5.69 Å². The minimum absolute atomic E-state index is 0.0105. The van der Waals surface area contributed by atoms with E-state index in [0.717, 1.165) is 29.2 Å². The number of ketones is 1. The molecule has 3 rings (SSSR count). The number of hydrogen-bond acceptors (Lipinski definition) is 5. The maximum atomic E-state index is 12.8. The zero-order chi connectivity index (χ0) is 20.3. The lowest BCUT2D eigenvalue weighted by molar-refractivity contribution is 0.102. The van der Waals surface area contributed by atoms with E-state index in [1.54, 1.807) is 11.7 Å². The molecule has 0 saturated carbocycles. The van der Waals surface area contributed by atoms with Gasteiger partial charge in [0, 0.05) is 29.2 Å². The van der Waals surface area contributed by atoms with E-state index >= 15 is 0 Å². The highest BCUT2D eigenvalue weighted by Gasteiger charge is 2.18. The average Bonchev–Trinajstić information content (AvgIpc) is 3.19. The number of carbonyl (C=O) groups excluding carboxylic acids is 1. The highest BCUT2D eigenvalue weighted by atomic mass is 32.2. The summed E-state index contributed by atoms with van der Waals surface area (Å²) in [5.74, 6) is 1.02. The number of Topliss-reactive ketones (excluding diaryl/α,β-unsaturated/α-hetero) is 1. The number of aromatic amines is 1. The lowest BCUT2D eigenvalue weighted by Crippen LogP contribution is -2.17. The van der Waals surface area contributed by atoms with Crippen molar-refractivity contribution in [2.45, 2.75) is 38.9 Å². The Balaban J connectivity index is 1.80. The molecule has 0 amide bonds. The molecule has 8 heteroatoms. The Labute approximate surface area is 167 Å². The number of aromatic nitrogens is 4. The maximum absolute atomic E-state index is 12.8. The number of methoxy groups -OCH3 is 1. The van der Waals surface area contributed by atoms with Crippen LogP contribution in [0.4, 0.5) is 0 Å². The number of carbonyl (C=O) groups is 1. The van der Waals surface area contributed by atoms with E-state index in [1.165, 1.54) is 11.8 Å². The smallest absolute Gasteiger partial charge is 0.343 e. The van der Waals surface area contributed by atoms with E-state index in [9.17, 15) is 9.59 Å². The molecule has 0 spiro atoms. The Hall–Kier alpha value is -2.74. The number of ether oxygens (including phenoxy) is 1. The number of benzene rings is 1. The predicted molar refractivity (Wildman–Crippen MR) is 110 cm³/mol. The molecule has 3 aromatic rings. The van der Waals surface area contributed by atoms with E-state index in [-0.39, 0.29) is 17.2 Å². The molecule has 0 atom stereocenters. The van der Waals surface area contributed by atoms with E-state index < -0.39 is 0 Å². The van der Waals surface area contributed by atoms with Crippen LogP contribution in [0, 0.1) is 13.8 Å². The molecule has 2 heterocycles. The van der Waals surface area contributed by atoms with Crippen LogP contribution in [0.5, 0.6) is 5.75 Å². The molecule has 0 aliphatic carbocycles. The van der Waals surface area contributed by atoms with Gasteiger partial charge < -0.3 is 9.30 Å². The largest absolute Gasteiger partial charge is 0.497 e. The van der Waals surface area contributed by atoms with Crippen LogP contribution in [-0.2, 0) is 6.54 Å². The van der Waals surface area contributed by atoms with Gasteiger partial charge in [0.05, 0.1) is 12.9 Å². The number of thioether (sulfide) groups is 1. The third kappa shape index (κ3) is 3.91. The van der Waals surface area contributed by atoms with E-state index in [1.807, 2.05) is 51.1 Å². The van der Waals surface area contributed by atoms with E-state index in [4.69, 9.17) is 4.74 Å². The molecule has 28 heavy (non-hydrogen) atoms. The Kier molecular flexibility index (Phi) is 6.08. The quantitative estimate of drug-likeness (QED) is 0.463. The second kappa shape index (κ2) is 8.52. The van der Waals surface area contributed by atoms with Crippen molar-refractivity contribution >= 4 is 17.5 Å². The van der Waals surface area contributed by atoms with E-state index in [2.05, 4.69) is 14.8 Å². The first-order valence-corrected chi connectivity index (χ1v) is 10.1. The molecule has 0 unspecified atom stereocenters. The van der Waals surface area contributed by atoms with Crippen molar-refractivity contribution in [3.63, 3.8) is 0 Å². The molecule has 0 radical (unpaired) electrons. The van der Waals surface area contributed by atoms with Gasteiger partial charge in [-0.25, -0.2) is 9.89 Å². The van der Waals surface area contributed by atoms with Crippen LogP contribution in [-0.4, -0.2) is 38.0 Å². The molecule has 148 valence electrons. The molecule has 0 aliphatic rings. The number of rotatable bonds is 8. The molecule has 1 aromatic carbocycles. The molecule has 0 fully saturated rings. The number of nitrogens with zero attached hydrogens (tertiary/aromatic N) is 3. The zero-order valence-corrected chi connectivity index (χ0v) is 17.3. The third-order valence-corrected chi connectivity index (χ3v) is 5.54. The lowest BCUT2D eigenvalue weighted by atomic mass is 10.2. The van der Waals surface area contributed by atoms with Crippen LogP contribution >= 0.6 is 11.8 Å². The van der Waals surface area contributed by atoms with Crippen molar-refractivity contribution in [2.75, 3.05) is 12.9 Å². The summed E-state index contributed by atoms with van der Waals surface area (Å²) in [5.41, 5.74) is 3.29. The van der Waals surface area contributed by atoms with Gasteiger partial charge in [-0.3, -0.25) is 9.36 Å². The van der Waals surface area contributed by atoms with Gasteiger partial charge in [0.15, 0.2) is 10.9 Å². The van der Waals surface area contributed by atoms with Gasteiger partial charge in [0.1, 0.15) is 5.75 Å². The minimum Gasteiger partial charge on any atom is -0.497 e. The normalized spacial score (nSPS) is 11.0. The number of hydrogen-bond donors (Lipinski definition) is 1. The standard InChI is InChI=1S/C20H24N4O3S/c1-5-10-23-19(26)21-22-20(23)28-12-18(25)17-11-13(2)24(14(17)3)15-6-8-16(27-4)9-7-15/h6-9,11H,5,10,12H2,1-4H3,(H,21,26). The van der Waals surface area contributed by atoms with Crippen molar-refractivity contribution in [3.8, 4) is 11.4 Å². The summed E-state index contributed by atoms with van der Waals surface area (Å²) >= 11 is 1.28. The monoisotopic (exact) mass is 400 g/mol. The molecular weight excluding hydrogens is 376 g/mol. The van der Waals surface area contributed by atoms with Gasteiger partial charge in [-0.1, -0.05) is 18.7 Å². The summed E-state index contributed by atoms with van der Waals surface area (Å²) in [6, 6.07) is 9.64. The summed E-state index contributed by atoms with van der Waals surface area (Å²) in [6.45, 7) is 6.50. The van der Waals surface area contributed by atoms with Crippen molar-refractivity contribution in [1.29, 1.82) is 0 Å². The van der Waals surface area contributed by atoms with Gasteiger partial charge in [-0.2, -0.15) is 0 Å². The number of nitrogens with one attached hydrogen (secondary N) is 1. The Morgan fingerprint density at radius 2 is 1.96 bits per heavy atom. The highest BCUT2D eigenvalue weighted by Crippen LogP contribution is 2.24. The second-order valence-corrected chi connectivity index (χ2v) is 7.44. The zero-order valence-electron chi connectivity index (χ0n) is 16.5. The summed E-state index contributed by atoms with van der Waals surface area (Å²) in [5, 5.41) is 7.03. The Morgan fingerprint density at radius 3 is 2.61 bits per heavy atom. The van der Waals surface area contributed by atoms with Crippen molar-refractivity contribution in [2.24, 2.45) is 0 Å². The van der Waals surface area contributed by atoms with Crippen LogP contribution in [0.15, 0.2) is 40.3 Å². The molecule has 0 aliphatic heterocycles. The first-order valence-electron chi connectivity index (χ1n) is 9.10. The number of H-pyrrole nitrogens is 1. The Bertz CT molecular complexity index is 1030. The minimum atomic E-state index is -0.241. The highest BCUT2D eigenvalue weighted by molar-refractivity contribution is 7.99. The predicted octanol–water partition coefficient (Wildman–Crippen LogP) is 3.37. The van der Waals surface area contributed by atoms with Gasteiger partial charge in [0.2, 0.25) is 0 Å². The fraction of sp³-hybridized carbons (Fsp3) is 0.350. The Morgan fingerprint density at radius 1 is 1.25 bits per heavy atom. The van der Waals surface area contributed by atoms with Crippen molar-refractivity contribution in [3.05, 3.63) is 57.8 Å². The maximum Gasteiger partial charge on any atom is 0.343 e. The lowest BCUT2D eigenvalue weighted by Gasteiger charge is -2.10. The van der Waals surface area contributed by atoms with Crippen LogP contribution in [0.2, 0.25) is 0 Å². The molecule has 0 saturated heterocycles. The fourth-order valence-electron chi connectivity index (χ4n) is 3.22. The third-order valence-electron chi connectivity index (χ3n) is 4.56. The van der Waals surface area contributed by atoms with Crippen LogP contribution < -0.4 is 10.4 Å². The van der Waals surface area contributed by atoms with Crippen LogP contribution in [0.3, 0.4) is 0 Å². The fourth-order valence-corrected chi connectivity index (χ4v) is 4.07. The van der Waals surface area contributed by atoms with Crippen LogP contribution in [0.1, 0.15) is 35.1 Å². The van der Waals surface area contributed by atoms with Gasteiger partial charge in [0.25, 0.3) is 0 Å². The SMILES string of the molecule is CCCn1c(SCC(=O)c2cc(C)n(-c3ccc(OC)cc3)c2C)n[nH]c1=O. The first-order chi connectivity index (χ1) is 13.5. The summed E-state index contributed by atoms with van der Waals surface area (Å²) < 4.78 is 8.84. The molecule has 0 bridgehead atoms. The molecule has 1 N–H and O–H groups in total. The molecule has 2 aromatic heterocycles. The second-order valence-electron chi connectivity index (χ2n) is 6.49. The van der Waals surface area contributed by atoms with Crippen molar-refractivity contribution < 1.29 is 9.53 Å². The average molecular weight is 401 g/mol. The summed E-state index contributed by atoms with van der Waals surface area (Å²) in [6.07, 6.45) is 0.823. The summed E-state index contributed by atoms with van der Waals surface area (Å²) in [7, 11) is 1.63. The van der Waals surface area contributed by atoms with E-state index in [0.29, 0.717) is 17.3 Å². The van der Waals surface area contributed by atoms with Crippen molar-refractivity contribution in [1.82, 2.24) is 19.3 Å². The molecular formula is C20H24N4O3S. The number of aryl methyl sites for hydroxylation is 1. The molecule has 7 nitrogen and oxygen atoms in total. The van der Waals surface area contributed by atoms with Gasteiger partial charge in [-0.15, -0.1) is 5.10 Å². The first kappa shape index (κ1) is 20.0. The summed E-state index contributed by atoms with van der Waals surface area (Å²) in [4.78, 5) is 24.6.